The Labute approximate surface area is 204 Å². The molecule has 0 saturated carbocycles. The van der Waals surface area contributed by atoms with Crippen molar-refractivity contribution in [3.8, 4) is 11.5 Å². The second kappa shape index (κ2) is 15.4. The summed E-state index contributed by atoms with van der Waals surface area (Å²) in [6.07, 6.45) is 6.20. The molecule has 0 atom stereocenters. The van der Waals surface area contributed by atoms with Crippen LogP contribution in [0, 0.1) is 0 Å². The van der Waals surface area contributed by atoms with E-state index < -0.39 is 0 Å². The predicted molar refractivity (Wildman–Crippen MR) is 136 cm³/mol. The summed E-state index contributed by atoms with van der Waals surface area (Å²) in [4.78, 5) is 2.60. The van der Waals surface area contributed by atoms with Crippen molar-refractivity contribution in [2.45, 2.75) is 59.1 Å². The maximum absolute atomic E-state index is 6.53. The number of hydrogen-bond acceptors (Lipinski definition) is 4. The molecule has 0 aliphatic heterocycles. The minimum absolute atomic E-state index is 0.333. The Morgan fingerprint density at radius 3 is 2.25 bits per heavy atom. The third-order valence-electron chi connectivity index (χ3n) is 5.43. The zero-order valence-corrected chi connectivity index (χ0v) is 21.3. The number of nitrogens with zero attached hydrogens (tertiary/aromatic N) is 1. The van der Waals surface area contributed by atoms with E-state index in [0.717, 1.165) is 37.2 Å². The highest BCUT2D eigenvalue weighted by Gasteiger charge is 2.13. The maximum atomic E-state index is 6.53. The zero-order chi connectivity index (χ0) is 23.2. The van der Waals surface area contributed by atoms with Crippen LogP contribution < -0.4 is 14.8 Å². The van der Waals surface area contributed by atoms with Gasteiger partial charge in [0.05, 0.1) is 12.1 Å². The van der Waals surface area contributed by atoms with Gasteiger partial charge in [0, 0.05) is 17.1 Å². The fourth-order valence-corrected chi connectivity index (χ4v) is 4.02. The van der Waals surface area contributed by atoms with Crippen molar-refractivity contribution < 1.29 is 9.47 Å². The molecule has 0 fully saturated rings. The molecule has 178 valence electrons. The molecule has 0 bridgehead atoms. The van der Waals surface area contributed by atoms with E-state index in [2.05, 4.69) is 24.1 Å². The smallest absolute Gasteiger partial charge is 0.180 e. The molecular weight excluding hydrogens is 443 g/mol. The van der Waals surface area contributed by atoms with E-state index in [-0.39, 0.29) is 0 Å². The number of hydrogen-bond donors (Lipinski definition) is 1. The SMILES string of the molecule is CCCCN(CCCC)CCCNCc1cc(Cl)c(OCc2ccccc2Cl)c(OC)c1. The predicted octanol–water partition coefficient (Wildman–Crippen LogP) is 6.96. The normalized spacial score (nSPS) is 11.2. The van der Waals surface area contributed by atoms with Crippen LogP contribution in [0.4, 0.5) is 0 Å². The molecule has 0 saturated heterocycles. The average molecular weight is 482 g/mol. The Hall–Kier alpha value is -1.46. The van der Waals surface area contributed by atoms with E-state index in [4.69, 9.17) is 32.7 Å². The fraction of sp³-hybridized carbons (Fsp3) is 0.538. The monoisotopic (exact) mass is 480 g/mol. The number of benzene rings is 2. The molecular formula is C26H38Cl2N2O2. The summed E-state index contributed by atoms with van der Waals surface area (Å²) in [7, 11) is 1.63. The molecule has 0 aliphatic carbocycles. The third kappa shape index (κ3) is 9.19. The Morgan fingerprint density at radius 1 is 0.906 bits per heavy atom. The Morgan fingerprint density at radius 2 is 1.59 bits per heavy atom. The summed E-state index contributed by atoms with van der Waals surface area (Å²) >= 11 is 12.8. The molecule has 0 spiro atoms. The highest BCUT2D eigenvalue weighted by Crippen LogP contribution is 2.37. The molecule has 0 aliphatic rings. The first-order chi connectivity index (χ1) is 15.6. The molecule has 32 heavy (non-hydrogen) atoms. The van der Waals surface area contributed by atoms with Crippen molar-refractivity contribution in [3.63, 3.8) is 0 Å². The first-order valence-corrected chi connectivity index (χ1v) is 12.5. The average Bonchev–Trinajstić information content (AvgIpc) is 2.80. The van der Waals surface area contributed by atoms with Crippen molar-refractivity contribution in [1.29, 1.82) is 0 Å². The Kier molecular flexibility index (Phi) is 12.9. The summed E-state index contributed by atoms with van der Waals surface area (Å²) in [5, 5.41) is 4.75. The van der Waals surface area contributed by atoms with Crippen molar-refractivity contribution in [3.05, 3.63) is 57.6 Å². The zero-order valence-electron chi connectivity index (χ0n) is 19.8. The number of rotatable bonds is 16. The van der Waals surface area contributed by atoms with Crippen molar-refractivity contribution >= 4 is 23.2 Å². The van der Waals surface area contributed by atoms with E-state index in [1.807, 2.05) is 36.4 Å². The Balaban J connectivity index is 1.84. The van der Waals surface area contributed by atoms with Crippen LogP contribution in [-0.4, -0.2) is 38.2 Å². The molecule has 4 nitrogen and oxygen atoms in total. The second-order valence-corrected chi connectivity index (χ2v) is 8.88. The maximum Gasteiger partial charge on any atom is 0.180 e. The van der Waals surface area contributed by atoms with Crippen LogP contribution in [0.25, 0.3) is 0 Å². The van der Waals surface area contributed by atoms with E-state index in [1.165, 1.54) is 38.8 Å². The van der Waals surface area contributed by atoms with Gasteiger partial charge in [0.25, 0.3) is 0 Å². The van der Waals surface area contributed by atoms with Crippen LogP contribution in [0.3, 0.4) is 0 Å². The van der Waals surface area contributed by atoms with E-state index >= 15 is 0 Å². The van der Waals surface area contributed by atoms with Crippen molar-refractivity contribution in [2.24, 2.45) is 0 Å². The number of ether oxygens (including phenoxy) is 2. The van der Waals surface area contributed by atoms with Crippen molar-refractivity contribution in [1.82, 2.24) is 10.2 Å². The van der Waals surface area contributed by atoms with Gasteiger partial charge in [0.15, 0.2) is 11.5 Å². The van der Waals surface area contributed by atoms with E-state index in [9.17, 15) is 0 Å². The lowest BCUT2D eigenvalue weighted by molar-refractivity contribution is 0.261. The molecule has 0 aromatic heterocycles. The molecule has 0 unspecified atom stereocenters. The van der Waals surface area contributed by atoms with Gasteiger partial charge in [0.1, 0.15) is 6.61 Å². The van der Waals surface area contributed by atoms with Crippen molar-refractivity contribution in [2.75, 3.05) is 33.3 Å². The lowest BCUT2D eigenvalue weighted by atomic mass is 10.2. The molecule has 0 radical (unpaired) electrons. The van der Waals surface area contributed by atoms with Gasteiger partial charge in [-0.2, -0.15) is 0 Å². The minimum atomic E-state index is 0.333. The van der Waals surface area contributed by atoms with Gasteiger partial charge >= 0.3 is 0 Å². The number of nitrogens with one attached hydrogen (secondary N) is 1. The summed E-state index contributed by atoms with van der Waals surface area (Å²) in [6, 6.07) is 11.5. The van der Waals surface area contributed by atoms with Gasteiger partial charge in [-0.3, -0.25) is 0 Å². The van der Waals surface area contributed by atoms with E-state index in [1.54, 1.807) is 7.11 Å². The largest absolute Gasteiger partial charge is 0.493 e. The van der Waals surface area contributed by atoms with Crippen LogP contribution in [0.2, 0.25) is 10.0 Å². The lowest BCUT2D eigenvalue weighted by Crippen LogP contribution is -2.29. The number of methoxy groups -OCH3 is 1. The fourth-order valence-electron chi connectivity index (χ4n) is 3.54. The molecule has 6 heteroatoms. The quantitative estimate of drug-likeness (QED) is 0.263. The van der Waals surface area contributed by atoms with Crippen LogP contribution in [-0.2, 0) is 13.2 Å². The molecule has 0 heterocycles. The Bertz CT molecular complexity index is 793. The molecule has 2 rings (SSSR count). The highest BCUT2D eigenvalue weighted by molar-refractivity contribution is 6.32. The van der Waals surface area contributed by atoms with Crippen LogP contribution in [0.1, 0.15) is 57.1 Å². The number of halogens is 2. The van der Waals surface area contributed by atoms with Gasteiger partial charge in [-0.15, -0.1) is 0 Å². The highest BCUT2D eigenvalue weighted by atomic mass is 35.5. The minimum Gasteiger partial charge on any atom is -0.493 e. The molecule has 0 amide bonds. The van der Waals surface area contributed by atoms with Crippen LogP contribution >= 0.6 is 23.2 Å². The second-order valence-electron chi connectivity index (χ2n) is 8.07. The summed E-state index contributed by atoms with van der Waals surface area (Å²) < 4.78 is 11.5. The topological polar surface area (TPSA) is 33.7 Å². The van der Waals surface area contributed by atoms with Gasteiger partial charge in [-0.25, -0.2) is 0 Å². The summed E-state index contributed by atoms with van der Waals surface area (Å²) in [5.41, 5.74) is 1.98. The summed E-state index contributed by atoms with van der Waals surface area (Å²) in [6.45, 7) is 10.1. The molecule has 1 N–H and O–H groups in total. The first kappa shape index (κ1) is 26.8. The van der Waals surface area contributed by atoms with Gasteiger partial charge in [0.2, 0.25) is 0 Å². The third-order valence-corrected chi connectivity index (χ3v) is 6.08. The van der Waals surface area contributed by atoms with Gasteiger partial charge in [-0.1, -0.05) is 68.1 Å². The molecule has 2 aromatic rings. The first-order valence-electron chi connectivity index (χ1n) is 11.7. The molecule has 2 aromatic carbocycles. The lowest BCUT2D eigenvalue weighted by Gasteiger charge is -2.22. The van der Waals surface area contributed by atoms with Crippen LogP contribution in [0.5, 0.6) is 11.5 Å². The summed E-state index contributed by atoms with van der Waals surface area (Å²) in [5.74, 6) is 1.17. The van der Waals surface area contributed by atoms with Gasteiger partial charge in [-0.05, 0) is 69.2 Å². The van der Waals surface area contributed by atoms with E-state index in [0.29, 0.717) is 28.2 Å². The van der Waals surface area contributed by atoms with Crippen LogP contribution in [0.15, 0.2) is 36.4 Å². The van der Waals surface area contributed by atoms with Gasteiger partial charge < -0.3 is 19.7 Å². The number of unbranched alkanes of at least 4 members (excludes halogenated alkanes) is 2. The standard InChI is InChI=1S/C26H38Cl2N2O2/c1-4-6-14-30(15-7-5-2)16-10-13-29-19-21-17-24(28)26(25(18-21)31-3)32-20-22-11-8-9-12-23(22)27/h8-9,11-12,17-18,29H,4-7,10,13-16,19-20H2,1-3H3.